The minimum atomic E-state index is -0.898. The highest BCUT2D eigenvalue weighted by molar-refractivity contribution is 7.13. The molecule has 5 heteroatoms. The molecule has 0 amide bonds. The van der Waals surface area contributed by atoms with Crippen LogP contribution in [-0.2, 0) is 12.8 Å². The van der Waals surface area contributed by atoms with E-state index in [1.807, 2.05) is 38.1 Å². The molecule has 0 radical (unpaired) electrons. The molecule has 0 fully saturated rings. The molecule has 2 aromatic rings. The number of hydrogen-bond donors (Lipinski definition) is 1. The summed E-state index contributed by atoms with van der Waals surface area (Å²) in [5.74, 6) is -0.0383. The Labute approximate surface area is 122 Å². The topological polar surface area (TPSA) is 59.4 Å². The summed E-state index contributed by atoms with van der Waals surface area (Å²) in [6, 6.07) is 7.83. The molecule has 0 saturated carbocycles. The standard InChI is InChI=1S/C15H17NO3S/c1-3-11-14(15(17)18)20-13(16-11)8-9-19-12-7-5-4-6-10(12)2/h4-7H,3,8-9H2,1-2H3,(H,17,18). The lowest BCUT2D eigenvalue weighted by molar-refractivity contribution is 0.0701. The van der Waals surface area contributed by atoms with Gasteiger partial charge in [-0.3, -0.25) is 0 Å². The van der Waals surface area contributed by atoms with Crippen molar-refractivity contribution in [2.24, 2.45) is 0 Å². The van der Waals surface area contributed by atoms with E-state index in [1.165, 1.54) is 11.3 Å². The molecule has 2 rings (SSSR count). The number of nitrogens with zero attached hydrogens (tertiary/aromatic N) is 1. The molecule has 106 valence electrons. The summed E-state index contributed by atoms with van der Waals surface area (Å²) in [5.41, 5.74) is 1.75. The highest BCUT2D eigenvalue weighted by Crippen LogP contribution is 2.21. The van der Waals surface area contributed by atoms with Crippen LogP contribution in [0, 0.1) is 6.92 Å². The second kappa shape index (κ2) is 6.52. The van der Waals surface area contributed by atoms with Crippen LogP contribution in [0.5, 0.6) is 5.75 Å². The van der Waals surface area contributed by atoms with Gasteiger partial charge in [-0.1, -0.05) is 25.1 Å². The summed E-state index contributed by atoms with van der Waals surface area (Å²) in [5, 5.41) is 9.90. The van der Waals surface area contributed by atoms with Gasteiger partial charge in [0.25, 0.3) is 0 Å². The van der Waals surface area contributed by atoms with E-state index in [9.17, 15) is 4.79 Å². The first kappa shape index (κ1) is 14.5. The van der Waals surface area contributed by atoms with Crippen LogP contribution in [0.2, 0.25) is 0 Å². The molecule has 0 aliphatic rings. The minimum absolute atomic E-state index is 0.346. The molecule has 1 aromatic carbocycles. The number of carboxylic acids is 1. The Morgan fingerprint density at radius 2 is 2.15 bits per heavy atom. The summed E-state index contributed by atoms with van der Waals surface area (Å²) in [7, 11) is 0. The Morgan fingerprint density at radius 3 is 2.75 bits per heavy atom. The summed E-state index contributed by atoms with van der Waals surface area (Å²) in [6.45, 7) is 4.41. The lowest BCUT2D eigenvalue weighted by Crippen LogP contribution is -2.02. The number of carboxylic acid groups (broad SMARTS) is 1. The lowest BCUT2D eigenvalue weighted by Gasteiger charge is -2.07. The van der Waals surface area contributed by atoms with E-state index in [0.717, 1.165) is 16.3 Å². The second-order valence-corrected chi connectivity index (χ2v) is 5.49. The van der Waals surface area contributed by atoms with Crippen molar-refractivity contribution >= 4 is 17.3 Å². The molecule has 4 nitrogen and oxygen atoms in total. The van der Waals surface area contributed by atoms with Gasteiger partial charge in [0.05, 0.1) is 17.3 Å². The fourth-order valence-corrected chi connectivity index (χ4v) is 2.85. The van der Waals surface area contributed by atoms with Gasteiger partial charge in [0.15, 0.2) is 0 Å². The van der Waals surface area contributed by atoms with Crippen molar-refractivity contribution in [2.75, 3.05) is 6.61 Å². The van der Waals surface area contributed by atoms with E-state index >= 15 is 0 Å². The Morgan fingerprint density at radius 1 is 1.40 bits per heavy atom. The second-order valence-electron chi connectivity index (χ2n) is 4.41. The molecule has 0 saturated heterocycles. The van der Waals surface area contributed by atoms with Crippen LogP contribution < -0.4 is 4.74 Å². The first-order chi connectivity index (χ1) is 9.61. The van der Waals surface area contributed by atoms with Crippen LogP contribution >= 0.6 is 11.3 Å². The number of aromatic nitrogens is 1. The third-order valence-electron chi connectivity index (χ3n) is 2.94. The number of thiazole rings is 1. The van der Waals surface area contributed by atoms with Crippen molar-refractivity contribution in [2.45, 2.75) is 26.7 Å². The smallest absolute Gasteiger partial charge is 0.347 e. The van der Waals surface area contributed by atoms with E-state index < -0.39 is 5.97 Å². The SMILES string of the molecule is CCc1nc(CCOc2ccccc2C)sc1C(=O)O. The minimum Gasteiger partial charge on any atom is -0.493 e. The van der Waals surface area contributed by atoms with Crippen LogP contribution in [0.1, 0.15) is 32.9 Å². The lowest BCUT2D eigenvalue weighted by atomic mass is 10.2. The highest BCUT2D eigenvalue weighted by atomic mass is 32.1. The first-order valence-corrected chi connectivity index (χ1v) is 7.33. The zero-order valence-corrected chi connectivity index (χ0v) is 12.4. The van der Waals surface area contributed by atoms with Crippen LogP contribution in [0.3, 0.4) is 0 Å². The van der Waals surface area contributed by atoms with Crippen molar-refractivity contribution in [3.63, 3.8) is 0 Å². The molecular weight excluding hydrogens is 274 g/mol. The van der Waals surface area contributed by atoms with E-state index in [1.54, 1.807) is 0 Å². The molecule has 1 heterocycles. The fraction of sp³-hybridized carbons (Fsp3) is 0.333. The number of benzene rings is 1. The van der Waals surface area contributed by atoms with E-state index in [0.29, 0.717) is 30.0 Å². The van der Waals surface area contributed by atoms with Crippen molar-refractivity contribution < 1.29 is 14.6 Å². The molecule has 0 unspecified atom stereocenters. The van der Waals surface area contributed by atoms with Crippen LogP contribution in [0.4, 0.5) is 0 Å². The van der Waals surface area contributed by atoms with Crippen LogP contribution in [-0.4, -0.2) is 22.7 Å². The van der Waals surface area contributed by atoms with Gasteiger partial charge in [0, 0.05) is 6.42 Å². The quantitative estimate of drug-likeness (QED) is 0.887. The highest BCUT2D eigenvalue weighted by Gasteiger charge is 2.15. The molecule has 0 aliphatic carbocycles. The monoisotopic (exact) mass is 291 g/mol. The molecule has 1 N–H and O–H groups in total. The Hall–Kier alpha value is -1.88. The molecule has 0 atom stereocenters. The molecule has 20 heavy (non-hydrogen) atoms. The Balaban J connectivity index is 1.98. The number of ether oxygens (including phenoxy) is 1. The number of para-hydroxylation sites is 1. The van der Waals surface area contributed by atoms with Crippen molar-refractivity contribution in [1.82, 2.24) is 4.98 Å². The Bertz CT molecular complexity index is 607. The van der Waals surface area contributed by atoms with Gasteiger partial charge in [-0.15, -0.1) is 11.3 Å². The fourth-order valence-electron chi connectivity index (χ4n) is 1.88. The largest absolute Gasteiger partial charge is 0.493 e. The predicted octanol–water partition coefficient (Wildman–Crippen LogP) is 3.33. The van der Waals surface area contributed by atoms with Gasteiger partial charge in [-0.25, -0.2) is 9.78 Å². The van der Waals surface area contributed by atoms with E-state index in [-0.39, 0.29) is 0 Å². The van der Waals surface area contributed by atoms with Gasteiger partial charge >= 0.3 is 5.97 Å². The maximum absolute atomic E-state index is 11.1. The summed E-state index contributed by atoms with van der Waals surface area (Å²) >= 11 is 1.24. The average Bonchev–Trinajstić information content (AvgIpc) is 2.84. The van der Waals surface area contributed by atoms with Crippen LogP contribution in [0.15, 0.2) is 24.3 Å². The molecular formula is C15H17NO3S. The van der Waals surface area contributed by atoms with E-state index in [4.69, 9.17) is 9.84 Å². The van der Waals surface area contributed by atoms with Crippen molar-refractivity contribution in [3.8, 4) is 5.75 Å². The number of aromatic carboxylic acids is 1. The number of hydrogen-bond acceptors (Lipinski definition) is 4. The number of carbonyl (C=O) groups is 1. The zero-order chi connectivity index (χ0) is 14.5. The maximum atomic E-state index is 11.1. The summed E-state index contributed by atoms with van der Waals surface area (Å²) in [4.78, 5) is 15.8. The molecule has 0 spiro atoms. The van der Waals surface area contributed by atoms with Gasteiger partial charge in [-0.05, 0) is 25.0 Å². The van der Waals surface area contributed by atoms with Gasteiger partial charge in [-0.2, -0.15) is 0 Å². The number of rotatable bonds is 6. The Kier molecular flexibility index (Phi) is 4.74. The third kappa shape index (κ3) is 3.36. The van der Waals surface area contributed by atoms with Crippen molar-refractivity contribution in [1.29, 1.82) is 0 Å². The summed E-state index contributed by atoms with van der Waals surface area (Å²) < 4.78 is 5.70. The normalized spacial score (nSPS) is 10.5. The zero-order valence-electron chi connectivity index (χ0n) is 11.5. The number of aryl methyl sites for hydroxylation is 2. The van der Waals surface area contributed by atoms with Crippen molar-refractivity contribution in [3.05, 3.63) is 45.4 Å². The predicted molar refractivity (Wildman–Crippen MR) is 78.8 cm³/mol. The van der Waals surface area contributed by atoms with Crippen LogP contribution in [0.25, 0.3) is 0 Å². The molecule has 1 aromatic heterocycles. The maximum Gasteiger partial charge on any atom is 0.347 e. The summed E-state index contributed by atoms with van der Waals surface area (Å²) in [6.07, 6.45) is 1.26. The third-order valence-corrected chi connectivity index (χ3v) is 4.08. The first-order valence-electron chi connectivity index (χ1n) is 6.52. The average molecular weight is 291 g/mol. The van der Waals surface area contributed by atoms with Gasteiger partial charge in [0.1, 0.15) is 10.6 Å². The van der Waals surface area contributed by atoms with E-state index in [2.05, 4.69) is 4.98 Å². The van der Waals surface area contributed by atoms with Gasteiger partial charge < -0.3 is 9.84 Å². The molecule has 0 bridgehead atoms. The molecule has 0 aliphatic heterocycles. The van der Waals surface area contributed by atoms with Gasteiger partial charge in [0.2, 0.25) is 0 Å².